The number of hydrogen-bond donors (Lipinski definition) is 2. The van der Waals surface area contributed by atoms with E-state index in [9.17, 15) is 9.00 Å². The first kappa shape index (κ1) is 31.4. The average molecular weight is 627 g/mol. The molecule has 0 aliphatic heterocycles. The van der Waals surface area contributed by atoms with E-state index in [0.717, 1.165) is 33.5 Å². The predicted octanol–water partition coefficient (Wildman–Crippen LogP) is 8.29. The Bertz CT molecular complexity index is 1740. The highest BCUT2D eigenvalue weighted by Crippen LogP contribution is 2.34. The number of aromatic nitrogens is 1. The fraction of sp³-hybridized carbons (Fsp3) is 0.222. The highest BCUT2D eigenvalue weighted by atomic mass is 35.5. The lowest BCUT2D eigenvalue weighted by molar-refractivity contribution is 0.0956. The minimum absolute atomic E-state index is 0.00931. The van der Waals surface area contributed by atoms with Crippen LogP contribution in [-0.2, 0) is 22.9 Å². The number of carbonyl (C=O) groups is 1. The monoisotopic (exact) mass is 626 g/mol. The molecule has 0 radical (unpaired) electrons. The molecule has 4 aromatic carbocycles. The molecule has 0 aliphatic carbocycles. The van der Waals surface area contributed by atoms with Gasteiger partial charge in [-0.05, 0) is 70.0 Å². The first-order valence-corrected chi connectivity index (χ1v) is 16.1. The predicted molar refractivity (Wildman–Crippen MR) is 177 cm³/mol. The quantitative estimate of drug-likeness (QED) is 0.152. The van der Waals surface area contributed by atoms with Crippen molar-refractivity contribution in [1.29, 1.82) is 0 Å². The number of amides is 1. The van der Waals surface area contributed by atoms with Gasteiger partial charge in [0, 0.05) is 34.7 Å². The Labute approximate surface area is 265 Å². The summed E-state index contributed by atoms with van der Waals surface area (Å²) in [6.45, 7) is 6.72. The van der Waals surface area contributed by atoms with Crippen molar-refractivity contribution in [3.05, 3.63) is 136 Å². The van der Waals surface area contributed by atoms with Crippen LogP contribution in [0.15, 0.2) is 108 Å². The van der Waals surface area contributed by atoms with E-state index in [1.807, 2.05) is 54.6 Å². The molecule has 0 saturated heterocycles. The summed E-state index contributed by atoms with van der Waals surface area (Å²) in [7, 11) is 0. The van der Waals surface area contributed by atoms with Gasteiger partial charge in [-0.2, -0.15) is 0 Å². The van der Waals surface area contributed by atoms with Crippen LogP contribution in [0.3, 0.4) is 0 Å². The Morgan fingerprint density at radius 3 is 2.25 bits per heavy atom. The van der Waals surface area contributed by atoms with Gasteiger partial charge in [0.15, 0.2) is 16.8 Å². The number of rotatable bonds is 10. The number of hydrogen-bond acceptors (Lipinski definition) is 4. The summed E-state index contributed by atoms with van der Waals surface area (Å²) in [5.74, 6) is 0.311. The molecule has 5 aromatic rings. The van der Waals surface area contributed by atoms with Crippen molar-refractivity contribution >= 4 is 28.6 Å². The van der Waals surface area contributed by atoms with Crippen LogP contribution in [0.1, 0.15) is 59.4 Å². The Morgan fingerprint density at radius 1 is 0.909 bits per heavy atom. The molecule has 8 heteroatoms. The molecule has 44 heavy (non-hydrogen) atoms. The lowest BCUT2D eigenvalue weighted by Crippen LogP contribution is -2.27. The minimum atomic E-state index is -1.95. The number of carbonyl (C=O) groups excluding carboxylic acids is 1. The summed E-state index contributed by atoms with van der Waals surface area (Å²) in [6.07, 6.45) is 0.650. The summed E-state index contributed by atoms with van der Waals surface area (Å²) in [5, 5.41) is 7.91. The molecule has 0 aliphatic rings. The van der Waals surface area contributed by atoms with Crippen LogP contribution >= 0.6 is 11.6 Å². The second kappa shape index (κ2) is 13.7. The van der Waals surface area contributed by atoms with Crippen LogP contribution in [0.25, 0.3) is 22.5 Å². The molecule has 226 valence electrons. The first-order chi connectivity index (χ1) is 21.1. The molecule has 0 fully saturated rings. The van der Waals surface area contributed by atoms with Gasteiger partial charge in [-0.15, -0.1) is 0 Å². The van der Waals surface area contributed by atoms with Gasteiger partial charge in [-0.3, -0.25) is 4.79 Å². The molecular weight excluding hydrogens is 592 g/mol. The number of benzene rings is 4. The molecule has 2 atom stereocenters. The Kier molecular flexibility index (Phi) is 9.79. The molecule has 2 N–H and O–H groups in total. The summed E-state index contributed by atoms with van der Waals surface area (Å²) >= 11 is 4.14. The van der Waals surface area contributed by atoms with Crippen molar-refractivity contribution in [2.75, 3.05) is 12.3 Å². The number of nitrogens with zero attached hydrogens (tertiary/aromatic N) is 1. The average Bonchev–Trinajstić information content (AvgIpc) is 3.50. The lowest BCUT2D eigenvalue weighted by Gasteiger charge is -2.21. The number of halogens is 1. The first-order valence-electron chi connectivity index (χ1n) is 14.4. The molecule has 0 saturated carbocycles. The van der Waals surface area contributed by atoms with Gasteiger partial charge in [0.1, 0.15) is 0 Å². The van der Waals surface area contributed by atoms with E-state index >= 15 is 0 Å². The van der Waals surface area contributed by atoms with Crippen molar-refractivity contribution in [1.82, 2.24) is 10.5 Å². The maximum atomic E-state index is 12.5. The Morgan fingerprint density at radius 2 is 1.59 bits per heavy atom. The van der Waals surface area contributed by atoms with E-state index in [1.165, 1.54) is 5.56 Å². The second-order valence-corrected chi connectivity index (χ2v) is 13.3. The second-order valence-electron chi connectivity index (χ2n) is 11.8. The zero-order valence-corrected chi connectivity index (χ0v) is 26.5. The van der Waals surface area contributed by atoms with Crippen LogP contribution in [0, 0.1) is 0 Å². The Balaban J connectivity index is 1.42. The van der Waals surface area contributed by atoms with Crippen LogP contribution < -0.4 is 5.32 Å². The molecule has 1 heterocycles. The third kappa shape index (κ3) is 7.91. The molecule has 5 rings (SSSR count). The van der Waals surface area contributed by atoms with Gasteiger partial charge in [-0.25, -0.2) is 4.21 Å². The van der Waals surface area contributed by atoms with Gasteiger partial charge in [0.05, 0.1) is 11.4 Å². The van der Waals surface area contributed by atoms with Crippen molar-refractivity contribution in [2.24, 2.45) is 0 Å². The molecule has 0 spiro atoms. The smallest absolute Gasteiger partial charge is 0.251 e. The van der Waals surface area contributed by atoms with Crippen molar-refractivity contribution < 1.29 is 18.1 Å². The molecule has 1 amide bonds. The normalized spacial score (nSPS) is 12.9. The van der Waals surface area contributed by atoms with Gasteiger partial charge in [-0.1, -0.05) is 104 Å². The third-order valence-electron chi connectivity index (χ3n) is 7.61. The van der Waals surface area contributed by atoms with Crippen molar-refractivity contribution in [2.45, 2.75) is 38.5 Å². The SMILES string of the molecule is CC(C)(C)c1ccc(C(Cc2ccc(C(=O)NCCS(=O)O)cc2)c2cc(-c3cccc(-c4ccc(Cl)cc4)c3)on2)cc1. The zero-order chi connectivity index (χ0) is 31.3. The van der Waals surface area contributed by atoms with Crippen LogP contribution in [0.2, 0.25) is 5.02 Å². The van der Waals surface area contributed by atoms with Crippen molar-refractivity contribution in [3.63, 3.8) is 0 Å². The van der Waals surface area contributed by atoms with E-state index in [-0.39, 0.29) is 29.5 Å². The maximum Gasteiger partial charge on any atom is 0.251 e. The molecule has 6 nitrogen and oxygen atoms in total. The molecule has 1 aromatic heterocycles. The lowest BCUT2D eigenvalue weighted by atomic mass is 9.83. The van der Waals surface area contributed by atoms with Crippen LogP contribution in [-0.4, -0.2) is 32.1 Å². The van der Waals surface area contributed by atoms with E-state index in [1.54, 1.807) is 12.1 Å². The van der Waals surface area contributed by atoms with Crippen LogP contribution in [0.4, 0.5) is 0 Å². The van der Waals surface area contributed by atoms with Crippen LogP contribution in [0.5, 0.6) is 0 Å². The van der Waals surface area contributed by atoms with E-state index in [2.05, 4.69) is 67.6 Å². The zero-order valence-electron chi connectivity index (χ0n) is 24.9. The van der Waals surface area contributed by atoms with E-state index < -0.39 is 11.1 Å². The topological polar surface area (TPSA) is 92.4 Å². The summed E-state index contributed by atoms with van der Waals surface area (Å²) in [4.78, 5) is 12.5. The highest BCUT2D eigenvalue weighted by molar-refractivity contribution is 7.79. The van der Waals surface area contributed by atoms with Gasteiger partial charge in [0.2, 0.25) is 0 Å². The molecule has 0 bridgehead atoms. The van der Waals surface area contributed by atoms with Crippen molar-refractivity contribution in [3.8, 4) is 22.5 Å². The largest absolute Gasteiger partial charge is 0.356 e. The number of nitrogens with one attached hydrogen (secondary N) is 1. The summed E-state index contributed by atoms with van der Waals surface area (Å²) < 4.78 is 25.7. The third-order valence-corrected chi connectivity index (χ3v) is 8.41. The van der Waals surface area contributed by atoms with Gasteiger partial charge >= 0.3 is 0 Å². The Hall–Kier alpha value is -4.04. The fourth-order valence-electron chi connectivity index (χ4n) is 5.07. The van der Waals surface area contributed by atoms with Gasteiger partial charge in [0.25, 0.3) is 5.91 Å². The van der Waals surface area contributed by atoms with E-state index in [4.69, 9.17) is 20.7 Å². The summed E-state index contributed by atoms with van der Waals surface area (Å²) in [6, 6.07) is 34.0. The standard InChI is InChI=1S/C36H35ClN2O4S/c1-36(2,3)30-15-11-26(12-16-30)32(21-24-7-9-27(10-8-24)35(40)38-19-20-44(41)42)33-23-34(43-39-33)29-6-4-5-28(22-29)25-13-17-31(37)18-14-25/h4-18,22-23,32H,19-21H2,1-3H3,(H,38,40)(H,41,42). The van der Waals surface area contributed by atoms with Gasteiger partial charge < -0.3 is 14.4 Å². The highest BCUT2D eigenvalue weighted by Gasteiger charge is 2.22. The molecule has 2 unspecified atom stereocenters. The summed E-state index contributed by atoms with van der Waals surface area (Å²) in [5.41, 5.74) is 7.80. The van der Waals surface area contributed by atoms with E-state index in [0.29, 0.717) is 22.8 Å². The fourth-order valence-corrected chi connectivity index (χ4v) is 5.48. The maximum absolute atomic E-state index is 12.5. The molecular formula is C36H35ClN2O4S. The minimum Gasteiger partial charge on any atom is -0.356 e.